The zero-order valence-corrected chi connectivity index (χ0v) is 11.2. The van der Waals surface area contributed by atoms with Crippen LogP contribution in [0.5, 0.6) is 0 Å². The molecular weight excluding hydrogens is 316 g/mol. The average Bonchev–Trinajstić information content (AvgIpc) is 2.41. The van der Waals surface area contributed by atoms with Crippen molar-refractivity contribution in [2.24, 2.45) is 0 Å². The Kier molecular flexibility index (Phi) is 5.59. The molecule has 0 unspecified atom stereocenters. The number of Topliss-reactive ketones (excluding diaryl/α,β-unsaturated/α-hetero) is 1. The summed E-state index contributed by atoms with van der Waals surface area (Å²) in [6.45, 7) is 0. The first-order valence-corrected chi connectivity index (χ1v) is 6.17. The van der Waals surface area contributed by atoms with E-state index in [1.54, 1.807) is 12.1 Å². The van der Waals surface area contributed by atoms with Crippen LogP contribution in [0.25, 0.3) is 5.53 Å². The van der Waals surface area contributed by atoms with Gasteiger partial charge in [0.15, 0.2) is 0 Å². The molecule has 0 saturated carbocycles. The van der Waals surface area contributed by atoms with Gasteiger partial charge in [0.2, 0.25) is 5.91 Å². The highest BCUT2D eigenvalue weighted by molar-refractivity contribution is 9.09. The second-order valence-electron chi connectivity index (χ2n) is 3.32. The second kappa shape index (κ2) is 7.20. The highest BCUT2D eigenvalue weighted by atomic mass is 79.9. The van der Waals surface area contributed by atoms with Gasteiger partial charge in [0.1, 0.15) is 0 Å². The Morgan fingerprint density at radius 1 is 1.16 bits per heavy atom. The first kappa shape index (κ1) is 14.7. The van der Waals surface area contributed by atoms with Gasteiger partial charge in [-0.25, -0.2) is 0 Å². The van der Waals surface area contributed by atoms with Gasteiger partial charge in [-0.05, 0) is 24.3 Å². The molecule has 0 aliphatic rings. The van der Waals surface area contributed by atoms with Gasteiger partial charge in [-0.2, -0.15) is 4.79 Å². The molecule has 98 valence electrons. The summed E-state index contributed by atoms with van der Waals surface area (Å²) >= 11 is 3.01. The van der Waals surface area contributed by atoms with E-state index in [0.29, 0.717) is 17.6 Å². The maximum Gasteiger partial charge on any atom is 0.333 e. The summed E-state index contributed by atoms with van der Waals surface area (Å²) in [4.78, 5) is 35.8. The van der Waals surface area contributed by atoms with Gasteiger partial charge in [-0.1, -0.05) is 15.9 Å². The number of rotatable bonds is 5. The van der Waals surface area contributed by atoms with Crippen LogP contribution < -0.4 is 10.6 Å². The van der Waals surface area contributed by atoms with Gasteiger partial charge in [0, 0.05) is 11.4 Å². The third kappa shape index (κ3) is 4.82. The summed E-state index contributed by atoms with van der Waals surface area (Å²) in [6, 6.07) is 6.18. The van der Waals surface area contributed by atoms with Crippen LogP contribution in [0.4, 0.5) is 11.4 Å². The Morgan fingerprint density at radius 3 is 2.16 bits per heavy atom. The predicted molar refractivity (Wildman–Crippen MR) is 72.2 cm³/mol. The number of halogens is 1. The van der Waals surface area contributed by atoms with Crippen LogP contribution >= 0.6 is 15.9 Å². The number of amides is 2. The van der Waals surface area contributed by atoms with E-state index in [4.69, 9.17) is 5.53 Å². The average molecular weight is 325 g/mol. The molecule has 0 spiro atoms. The van der Waals surface area contributed by atoms with Gasteiger partial charge in [-0.15, -0.1) is 0 Å². The van der Waals surface area contributed by atoms with Crippen molar-refractivity contribution in [3.05, 3.63) is 29.8 Å². The maximum absolute atomic E-state index is 11.3. The second-order valence-corrected chi connectivity index (χ2v) is 3.88. The molecule has 0 aliphatic heterocycles. The number of anilines is 2. The Labute approximate surface area is 116 Å². The van der Waals surface area contributed by atoms with Crippen LogP contribution in [-0.4, -0.2) is 33.9 Å². The normalized spacial score (nSPS) is 9.11. The fraction of sp³-hybridized carbons (Fsp3) is 0.0909. The number of nitrogens with zero attached hydrogens (tertiary/aromatic N) is 2. The molecule has 2 N–H and O–H groups in total. The van der Waals surface area contributed by atoms with E-state index in [2.05, 4.69) is 31.4 Å². The molecule has 0 aromatic heterocycles. The molecule has 0 radical (unpaired) electrons. The van der Waals surface area contributed by atoms with Crippen LogP contribution in [0.2, 0.25) is 0 Å². The molecule has 0 bridgehead atoms. The summed E-state index contributed by atoms with van der Waals surface area (Å²) in [5.41, 5.74) is 9.06. The fourth-order valence-electron chi connectivity index (χ4n) is 1.14. The predicted octanol–water partition coefficient (Wildman–Crippen LogP) is 0.828. The molecule has 19 heavy (non-hydrogen) atoms. The van der Waals surface area contributed by atoms with Crippen molar-refractivity contribution in [2.75, 3.05) is 16.0 Å². The van der Waals surface area contributed by atoms with Crippen molar-refractivity contribution in [3.63, 3.8) is 0 Å². The lowest BCUT2D eigenvalue weighted by Crippen LogP contribution is -2.23. The van der Waals surface area contributed by atoms with Crippen LogP contribution in [0.3, 0.4) is 0 Å². The fourth-order valence-corrected chi connectivity index (χ4v) is 1.28. The summed E-state index contributed by atoms with van der Waals surface area (Å²) in [5.74, 6) is -2.10. The van der Waals surface area contributed by atoms with E-state index in [9.17, 15) is 14.4 Å². The summed E-state index contributed by atoms with van der Waals surface area (Å²) in [5, 5.41) is 5.08. The summed E-state index contributed by atoms with van der Waals surface area (Å²) in [6.07, 6.45) is 0.500. The molecule has 7 nitrogen and oxygen atoms in total. The quantitative estimate of drug-likeness (QED) is 0.275. The molecule has 0 atom stereocenters. The molecule has 8 heteroatoms. The van der Waals surface area contributed by atoms with Gasteiger partial charge >= 0.3 is 17.9 Å². The lowest BCUT2D eigenvalue weighted by Gasteiger charge is -2.05. The van der Waals surface area contributed by atoms with Gasteiger partial charge < -0.3 is 16.2 Å². The Bertz CT molecular complexity index is 550. The number of nitrogens with one attached hydrogen (secondary N) is 2. The maximum atomic E-state index is 11.3. The Morgan fingerprint density at radius 2 is 1.68 bits per heavy atom. The van der Waals surface area contributed by atoms with Crippen LogP contribution in [0, 0.1) is 0 Å². The third-order valence-corrected chi connectivity index (χ3v) is 2.46. The summed E-state index contributed by atoms with van der Waals surface area (Å²) < 4.78 is 0. The topological polar surface area (TPSA) is 112 Å². The molecule has 1 rings (SSSR count). The smallest absolute Gasteiger partial charge is 0.333 e. The van der Waals surface area contributed by atoms with Gasteiger partial charge in [-0.3, -0.25) is 14.4 Å². The highest BCUT2D eigenvalue weighted by Gasteiger charge is 2.15. The van der Waals surface area contributed by atoms with Gasteiger partial charge in [0.05, 0.1) is 5.33 Å². The van der Waals surface area contributed by atoms with Crippen LogP contribution in [-0.2, 0) is 14.4 Å². The molecule has 0 saturated heterocycles. The van der Waals surface area contributed by atoms with Crippen molar-refractivity contribution in [1.29, 1.82) is 0 Å². The van der Waals surface area contributed by atoms with Gasteiger partial charge in [0.25, 0.3) is 0 Å². The van der Waals surface area contributed by atoms with Crippen molar-refractivity contribution >= 4 is 51.1 Å². The molecule has 0 heterocycles. The third-order valence-electron chi connectivity index (χ3n) is 1.95. The molecule has 0 fully saturated rings. The highest BCUT2D eigenvalue weighted by Crippen LogP contribution is 2.13. The number of carbonyl (C=O) groups excluding carboxylic acids is 3. The Balaban J connectivity index is 2.67. The minimum atomic E-state index is -0.973. The number of alkyl halides is 1. The minimum Gasteiger partial charge on any atom is -0.361 e. The zero-order valence-electron chi connectivity index (χ0n) is 9.59. The number of carbonyl (C=O) groups is 3. The Hall–Kier alpha value is -2.31. The first-order chi connectivity index (χ1) is 9.06. The number of benzene rings is 1. The minimum absolute atomic E-state index is 0.181. The van der Waals surface area contributed by atoms with E-state index >= 15 is 0 Å². The van der Waals surface area contributed by atoms with Crippen molar-refractivity contribution in [2.45, 2.75) is 0 Å². The largest absolute Gasteiger partial charge is 0.361 e. The molecule has 0 aliphatic carbocycles. The molecule has 1 aromatic carbocycles. The number of hydrogen-bond acceptors (Lipinski definition) is 3. The van der Waals surface area contributed by atoms with Crippen molar-refractivity contribution in [1.82, 2.24) is 0 Å². The van der Waals surface area contributed by atoms with Crippen LogP contribution in [0.1, 0.15) is 0 Å². The zero-order chi connectivity index (χ0) is 14.3. The standard InChI is InChI=1S/C11H9BrN4O3/c12-5-10(18)15-7-1-3-8(4-2-7)16-11(19)9(17)6-14-13/h1-4,6H,5H2,(H,15,18)(H,16,19). The van der Waals surface area contributed by atoms with E-state index in [0.717, 1.165) is 0 Å². The number of ketones is 1. The molecule has 1 aromatic rings. The molecule has 2 amide bonds. The lowest BCUT2D eigenvalue weighted by atomic mass is 10.2. The van der Waals surface area contributed by atoms with E-state index in [1.165, 1.54) is 12.1 Å². The van der Waals surface area contributed by atoms with Crippen molar-refractivity contribution in [3.8, 4) is 0 Å². The first-order valence-electron chi connectivity index (χ1n) is 5.05. The lowest BCUT2D eigenvalue weighted by molar-refractivity contribution is -0.132. The van der Waals surface area contributed by atoms with Crippen molar-refractivity contribution < 1.29 is 19.2 Å². The number of hydrogen-bond donors (Lipinski definition) is 2. The van der Waals surface area contributed by atoms with E-state index in [1.807, 2.05) is 0 Å². The molecular formula is C11H9BrN4O3. The summed E-state index contributed by atoms with van der Waals surface area (Å²) in [7, 11) is 0. The SMILES string of the molecule is [N-]=[N+]=CC(=O)C(=O)Nc1ccc(NC(=O)CBr)cc1. The van der Waals surface area contributed by atoms with E-state index < -0.39 is 11.7 Å². The monoisotopic (exact) mass is 324 g/mol. The van der Waals surface area contributed by atoms with E-state index in [-0.39, 0.29) is 11.2 Å². The van der Waals surface area contributed by atoms with Crippen LogP contribution in [0.15, 0.2) is 24.3 Å².